The smallest absolute Gasteiger partial charge is 0.292 e. The summed E-state index contributed by atoms with van der Waals surface area (Å²) in [6, 6.07) is 6.54. The maximum absolute atomic E-state index is 10.9. The Hall–Kier alpha value is -1.62. The minimum atomic E-state index is -0.402. The molecule has 0 aromatic heterocycles. The summed E-state index contributed by atoms with van der Waals surface area (Å²) >= 11 is 0. The SMILES string of the molecule is CC(C)(C)C(CCO)Nc1ccccc1[N+](=O)[O-]. The quantitative estimate of drug-likeness (QED) is 0.624. The number of aliphatic hydroxyl groups is 1. The number of nitrogens with one attached hydrogen (secondary N) is 1. The van der Waals surface area contributed by atoms with E-state index in [4.69, 9.17) is 5.11 Å². The third-order valence-corrected chi connectivity index (χ3v) is 2.89. The van der Waals surface area contributed by atoms with Crippen molar-refractivity contribution in [2.24, 2.45) is 5.41 Å². The largest absolute Gasteiger partial charge is 0.396 e. The van der Waals surface area contributed by atoms with Crippen LogP contribution in [0.2, 0.25) is 0 Å². The molecule has 5 heteroatoms. The van der Waals surface area contributed by atoms with Crippen LogP contribution >= 0.6 is 0 Å². The van der Waals surface area contributed by atoms with Gasteiger partial charge in [-0.3, -0.25) is 10.1 Å². The third-order valence-electron chi connectivity index (χ3n) is 2.89. The van der Waals surface area contributed by atoms with E-state index >= 15 is 0 Å². The number of para-hydroxylation sites is 2. The van der Waals surface area contributed by atoms with Gasteiger partial charge in [-0.05, 0) is 17.9 Å². The zero-order chi connectivity index (χ0) is 13.8. The molecule has 1 unspecified atom stereocenters. The van der Waals surface area contributed by atoms with Crippen molar-refractivity contribution in [2.45, 2.75) is 33.2 Å². The summed E-state index contributed by atoms with van der Waals surface area (Å²) in [5.41, 5.74) is 0.465. The first kappa shape index (κ1) is 14.4. The molecule has 0 fully saturated rings. The van der Waals surface area contributed by atoms with E-state index in [9.17, 15) is 10.1 Å². The van der Waals surface area contributed by atoms with E-state index in [2.05, 4.69) is 5.32 Å². The zero-order valence-corrected chi connectivity index (χ0v) is 11.0. The number of hydrogen-bond acceptors (Lipinski definition) is 4. The van der Waals surface area contributed by atoms with Crippen LogP contribution in [0.4, 0.5) is 11.4 Å². The van der Waals surface area contributed by atoms with E-state index in [1.807, 2.05) is 20.8 Å². The molecule has 0 amide bonds. The van der Waals surface area contributed by atoms with Crippen LogP contribution < -0.4 is 5.32 Å². The predicted molar refractivity (Wildman–Crippen MR) is 71.7 cm³/mol. The lowest BCUT2D eigenvalue weighted by molar-refractivity contribution is -0.384. The molecule has 0 aliphatic carbocycles. The summed E-state index contributed by atoms with van der Waals surface area (Å²) in [5.74, 6) is 0. The van der Waals surface area contributed by atoms with Crippen LogP contribution in [0.5, 0.6) is 0 Å². The normalized spacial score (nSPS) is 13.1. The van der Waals surface area contributed by atoms with Crippen LogP contribution in [-0.2, 0) is 0 Å². The van der Waals surface area contributed by atoms with Gasteiger partial charge in [0.05, 0.1) is 4.92 Å². The van der Waals surface area contributed by atoms with Crippen LogP contribution in [0, 0.1) is 15.5 Å². The molecule has 2 N–H and O–H groups in total. The van der Waals surface area contributed by atoms with Gasteiger partial charge in [-0.25, -0.2) is 0 Å². The van der Waals surface area contributed by atoms with Crippen molar-refractivity contribution in [3.63, 3.8) is 0 Å². The summed E-state index contributed by atoms with van der Waals surface area (Å²) in [6.45, 7) is 6.16. The Labute approximate surface area is 107 Å². The predicted octanol–water partition coefficient (Wildman–Crippen LogP) is 2.80. The van der Waals surface area contributed by atoms with Gasteiger partial charge >= 0.3 is 0 Å². The number of nitro groups is 1. The Balaban J connectivity index is 2.97. The average Bonchev–Trinajstić information content (AvgIpc) is 2.27. The van der Waals surface area contributed by atoms with Crippen LogP contribution in [-0.4, -0.2) is 22.7 Å². The van der Waals surface area contributed by atoms with E-state index in [1.54, 1.807) is 18.2 Å². The van der Waals surface area contributed by atoms with E-state index < -0.39 is 4.92 Å². The average molecular weight is 252 g/mol. The Morgan fingerprint density at radius 1 is 1.39 bits per heavy atom. The molecule has 0 heterocycles. The van der Waals surface area contributed by atoms with Gasteiger partial charge in [0.2, 0.25) is 0 Å². The maximum atomic E-state index is 10.9. The van der Waals surface area contributed by atoms with Gasteiger partial charge in [0.25, 0.3) is 5.69 Å². The molecule has 0 saturated heterocycles. The number of rotatable bonds is 5. The van der Waals surface area contributed by atoms with Crippen molar-refractivity contribution in [3.05, 3.63) is 34.4 Å². The number of nitrogens with zero attached hydrogens (tertiary/aromatic N) is 1. The number of hydrogen-bond donors (Lipinski definition) is 2. The van der Waals surface area contributed by atoms with Crippen LogP contribution in [0.1, 0.15) is 27.2 Å². The summed E-state index contributed by atoms with van der Waals surface area (Å²) in [7, 11) is 0. The Morgan fingerprint density at radius 2 is 2.00 bits per heavy atom. The molecule has 0 spiro atoms. The Bertz CT molecular complexity index is 413. The highest BCUT2D eigenvalue weighted by Gasteiger charge is 2.26. The molecule has 0 radical (unpaired) electrons. The molecule has 1 atom stereocenters. The highest BCUT2D eigenvalue weighted by Crippen LogP contribution is 2.30. The van der Waals surface area contributed by atoms with Crippen molar-refractivity contribution in [1.82, 2.24) is 0 Å². The van der Waals surface area contributed by atoms with E-state index in [0.29, 0.717) is 12.1 Å². The summed E-state index contributed by atoms with van der Waals surface area (Å²) in [4.78, 5) is 10.5. The van der Waals surface area contributed by atoms with E-state index in [-0.39, 0.29) is 23.8 Å². The number of nitro benzene ring substituents is 1. The summed E-state index contributed by atoms with van der Waals surface area (Å²) < 4.78 is 0. The van der Waals surface area contributed by atoms with Gasteiger partial charge in [-0.2, -0.15) is 0 Å². The third kappa shape index (κ3) is 3.70. The molecule has 100 valence electrons. The minimum absolute atomic E-state index is 0.0244. The Kier molecular flexibility index (Phi) is 4.67. The fourth-order valence-corrected chi connectivity index (χ4v) is 1.79. The molecule has 0 aliphatic heterocycles. The first-order valence-corrected chi connectivity index (χ1v) is 5.97. The second-order valence-corrected chi connectivity index (χ2v) is 5.35. The van der Waals surface area contributed by atoms with Gasteiger partial charge in [0.1, 0.15) is 5.69 Å². The second kappa shape index (κ2) is 5.82. The summed E-state index contributed by atoms with van der Waals surface area (Å²) in [5, 5.41) is 23.2. The highest BCUT2D eigenvalue weighted by molar-refractivity contribution is 5.61. The molecule has 0 saturated carbocycles. The van der Waals surface area contributed by atoms with Gasteiger partial charge in [0, 0.05) is 18.7 Å². The molecule has 0 bridgehead atoms. The molecule has 5 nitrogen and oxygen atoms in total. The second-order valence-electron chi connectivity index (χ2n) is 5.35. The van der Waals surface area contributed by atoms with Crippen molar-refractivity contribution in [2.75, 3.05) is 11.9 Å². The van der Waals surface area contributed by atoms with Crippen molar-refractivity contribution < 1.29 is 10.0 Å². The first-order valence-electron chi connectivity index (χ1n) is 5.97. The number of benzene rings is 1. The maximum Gasteiger partial charge on any atom is 0.292 e. The summed E-state index contributed by atoms with van der Waals surface area (Å²) in [6.07, 6.45) is 0.551. The van der Waals surface area contributed by atoms with Crippen molar-refractivity contribution >= 4 is 11.4 Å². The fraction of sp³-hybridized carbons (Fsp3) is 0.538. The van der Waals surface area contributed by atoms with Gasteiger partial charge < -0.3 is 10.4 Å². The molecule has 1 rings (SSSR count). The zero-order valence-electron chi connectivity index (χ0n) is 11.0. The molecular weight excluding hydrogens is 232 g/mol. The van der Waals surface area contributed by atoms with Gasteiger partial charge in [-0.1, -0.05) is 32.9 Å². The topological polar surface area (TPSA) is 75.4 Å². The lowest BCUT2D eigenvalue weighted by Crippen LogP contribution is -2.35. The molecule has 1 aromatic carbocycles. The lowest BCUT2D eigenvalue weighted by atomic mass is 9.84. The standard InChI is InChI=1S/C13H20N2O3/c1-13(2,3)12(8-9-16)14-10-6-4-5-7-11(10)15(17)18/h4-7,12,14,16H,8-9H2,1-3H3. The fourth-order valence-electron chi connectivity index (χ4n) is 1.79. The number of aliphatic hydroxyl groups excluding tert-OH is 1. The van der Waals surface area contributed by atoms with Crippen molar-refractivity contribution in [3.8, 4) is 0 Å². The molecular formula is C13H20N2O3. The first-order chi connectivity index (χ1) is 8.36. The van der Waals surface area contributed by atoms with Gasteiger partial charge in [-0.15, -0.1) is 0 Å². The van der Waals surface area contributed by atoms with Crippen LogP contribution in [0.25, 0.3) is 0 Å². The van der Waals surface area contributed by atoms with Crippen LogP contribution in [0.3, 0.4) is 0 Å². The minimum Gasteiger partial charge on any atom is -0.396 e. The number of anilines is 1. The lowest BCUT2D eigenvalue weighted by Gasteiger charge is -2.31. The monoisotopic (exact) mass is 252 g/mol. The highest BCUT2D eigenvalue weighted by atomic mass is 16.6. The van der Waals surface area contributed by atoms with Crippen molar-refractivity contribution in [1.29, 1.82) is 0 Å². The molecule has 0 aliphatic rings. The van der Waals surface area contributed by atoms with Crippen LogP contribution in [0.15, 0.2) is 24.3 Å². The Morgan fingerprint density at radius 3 is 2.50 bits per heavy atom. The molecule has 1 aromatic rings. The molecule has 18 heavy (non-hydrogen) atoms. The van der Waals surface area contributed by atoms with Gasteiger partial charge in [0.15, 0.2) is 0 Å². The van der Waals surface area contributed by atoms with E-state index in [1.165, 1.54) is 6.07 Å². The van der Waals surface area contributed by atoms with E-state index in [0.717, 1.165) is 0 Å².